The number of hydrogen-bond donors (Lipinski definition) is 1. The Balaban J connectivity index is 1.96. The molecule has 0 saturated carbocycles. The van der Waals surface area contributed by atoms with Gasteiger partial charge in [-0.3, -0.25) is 9.69 Å². The Labute approximate surface area is 145 Å². The lowest BCUT2D eigenvalue weighted by Gasteiger charge is -2.29. The Morgan fingerprint density at radius 3 is 2.71 bits per heavy atom. The summed E-state index contributed by atoms with van der Waals surface area (Å²) in [5.41, 5.74) is 1.27. The van der Waals surface area contributed by atoms with Gasteiger partial charge in [-0.15, -0.1) is 0 Å². The monoisotopic (exact) mass is 334 g/mol. The van der Waals surface area contributed by atoms with Crippen LogP contribution in [-0.2, 0) is 9.53 Å². The van der Waals surface area contributed by atoms with Crippen LogP contribution in [0.5, 0.6) is 5.75 Å². The fourth-order valence-corrected chi connectivity index (χ4v) is 3.25. The van der Waals surface area contributed by atoms with Crippen molar-refractivity contribution in [2.24, 2.45) is 0 Å². The van der Waals surface area contributed by atoms with E-state index in [4.69, 9.17) is 9.47 Å². The minimum absolute atomic E-state index is 0.103. The number of hydrogen-bond acceptors (Lipinski definition) is 4. The summed E-state index contributed by atoms with van der Waals surface area (Å²) in [4.78, 5) is 14.6. The number of nitrogens with zero attached hydrogens (tertiary/aromatic N) is 1. The first-order valence-corrected chi connectivity index (χ1v) is 8.88. The summed E-state index contributed by atoms with van der Waals surface area (Å²) >= 11 is 0. The molecule has 24 heavy (non-hydrogen) atoms. The van der Waals surface area contributed by atoms with Gasteiger partial charge in [-0.05, 0) is 43.5 Å². The van der Waals surface area contributed by atoms with E-state index in [0.29, 0.717) is 25.7 Å². The van der Waals surface area contributed by atoms with Crippen LogP contribution in [0.4, 0.5) is 0 Å². The normalized spacial score (nSPS) is 18.8. The van der Waals surface area contributed by atoms with E-state index in [-0.39, 0.29) is 5.91 Å². The summed E-state index contributed by atoms with van der Waals surface area (Å²) in [6, 6.07) is 8.56. The molecule has 1 fully saturated rings. The summed E-state index contributed by atoms with van der Waals surface area (Å²) in [7, 11) is 3.36. The fraction of sp³-hybridized carbons (Fsp3) is 0.632. The van der Waals surface area contributed by atoms with E-state index in [1.54, 1.807) is 14.2 Å². The van der Waals surface area contributed by atoms with Crippen LogP contribution < -0.4 is 10.1 Å². The highest BCUT2D eigenvalue weighted by atomic mass is 16.5. The van der Waals surface area contributed by atoms with Crippen molar-refractivity contribution >= 4 is 5.91 Å². The van der Waals surface area contributed by atoms with Gasteiger partial charge in [0, 0.05) is 26.3 Å². The minimum atomic E-state index is 0.103. The van der Waals surface area contributed by atoms with Gasteiger partial charge in [0.2, 0.25) is 5.91 Å². The highest BCUT2D eigenvalue weighted by Gasteiger charge is 2.24. The third-order valence-electron chi connectivity index (χ3n) is 4.56. The van der Waals surface area contributed by atoms with Crippen LogP contribution in [0, 0.1) is 0 Å². The second-order valence-electron chi connectivity index (χ2n) is 6.31. The highest BCUT2D eigenvalue weighted by Crippen LogP contribution is 2.30. The molecule has 1 aliphatic heterocycles. The Bertz CT molecular complexity index is 490. The highest BCUT2D eigenvalue weighted by molar-refractivity contribution is 5.78. The van der Waals surface area contributed by atoms with Crippen molar-refractivity contribution < 1.29 is 14.3 Å². The number of amides is 1. The van der Waals surface area contributed by atoms with Crippen molar-refractivity contribution in [3.05, 3.63) is 29.8 Å². The van der Waals surface area contributed by atoms with Crippen LogP contribution in [0.15, 0.2) is 24.3 Å². The predicted octanol–water partition coefficient (Wildman–Crippen LogP) is 2.77. The van der Waals surface area contributed by atoms with Crippen LogP contribution in [-0.4, -0.2) is 51.3 Å². The topological polar surface area (TPSA) is 50.8 Å². The SMILES string of the molecule is COCCCNC(=O)CN1CCCCCC1c1ccc(OC)cc1. The third kappa shape index (κ3) is 5.80. The largest absolute Gasteiger partial charge is 0.497 e. The first kappa shape index (κ1) is 18.7. The predicted molar refractivity (Wildman–Crippen MR) is 95.3 cm³/mol. The summed E-state index contributed by atoms with van der Waals surface area (Å²) in [5, 5.41) is 2.99. The van der Waals surface area contributed by atoms with Crippen molar-refractivity contribution in [2.75, 3.05) is 40.5 Å². The smallest absolute Gasteiger partial charge is 0.234 e. The number of benzene rings is 1. The molecule has 0 bridgehead atoms. The second kappa shape index (κ2) is 10.3. The zero-order valence-electron chi connectivity index (χ0n) is 14.9. The molecular weight excluding hydrogens is 304 g/mol. The number of carbonyl (C=O) groups excluding carboxylic acids is 1. The molecule has 0 spiro atoms. The Hall–Kier alpha value is -1.59. The average molecular weight is 334 g/mol. The Morgan fingerprint density at radius 1 is 1.21 bits per heavy atom. The van der Waals surface area contributed by atoms with E-state index < -0.39 is 0 Å². The Kier molecular flexibility index (Phi) is 8.05. The molecule has 1 N–H and O–H groups in total. The standard InChI is InChI=1S/C19H30N2O3/c1-23-14-6-12-20-19(22)15-21-13-5-3-4-7-18(21)16-8-10-17(24-2)11-9-16/h8-11,18H,3-7,12-15H2,1-2H3,(H,20,22). The summed E-state index contributed by atoms with van der Waals surface area (Å²) in [6.45, 7) is 2.79. The summed E-state index contributed by atoms with van der Waals surface area (Å²) in [6.07, 6.45) is 5.55. The molecule has 5 heteroatoms. The number of ether oxygens (including phenoxy) is 2. The molecule has 134 valence electrons. The molecule has 1 aromatic carbocycles. The van der Waals surface area contributed by atoms with E-state index in [0.717, 1.165) is 31.6 Å². The van der Waals surface area contributed by atoms with Crippen molar-refractivity contribution in [1.29, 1.82) is 0 Å². The lowest BCUT2D eigenvalue weighted by Crippen LogP contribution is -2.39. The maximum absolute atomic E-state index is 12.3. The quantitative estimate of drug-likeness (QED) is 0.743. The van der Waals surface area contributed by atoms with Crippen LogP contribution in [0.1, 0.15) is 43.7 Å². The lowest BCUT2D eigenvalue weighted by atomic mass is 10.0. The van der Waals surface area contributed by atoms with Crippen LogP contribution in [0.25, 0.3) is 0 Å². The van der Waals surface area contributed by atoms with Gasteiger partial charge in [0.25, 0.3) is 0 Å². The number of carbonyl (C=O) groups is 1. The lowest BCUT2D eigenvalue weighted by molar-refractivity contribution is -0.122. The molecule has 1 aromatic rings. The van der Waals surface area contributed by atoms with Gasteiger partial charge in [0.15, 0.2) is 0 Å². The van der Waals surface area contributed by atoms with E-state index in [1.807, 2.05) is 12.1 Å². The molecule has 1 amide bonds. The zero-order valence-corrected chi connectivity index (χ0v) is 14.9. The second-order valence-corrected chi connectivity index (χ2v) is 6.31. The van der Waals surface area contributed by atoms with E-state index in [9.17, 15) is 4.79 Å². The average Bonchev–Trinajstić information content (AvgIpc) is 2.84. The third-order valence-corrected chi connectivity index (χ3v) is 4.56. The van der Waals surface area contributed by atoms with Gasteiger partial charge in [-0.1, -0.05) is 25.0 Å². The van der Waals surface area contributed by atoms with Gasteiger partial charge >= 0.3 is 0 Å². The van der Waals surface area contributed by atoms with Gasteiger partial charge in [-0.25, -0.2) is 0 Å². The number of methoxy groups -OCH3 is 2. The maximum Gasteiger partial charge on any atom is 0.234 e. The van der Waals surface area contributed by atoms with Gasteiger partial charge in [0.05, 0.1) is 13.7 Å². The number of rotatable bonds is 8. The molecule has 5 nitrogen and oxygen atoms in total. The molecule has 0 aromatic heterocycles. The maximum atomic E-state index is 12.3. The van der Waals surface area contributed by atoms with E-state index >= 15 is 0 Å². The van der Waals surface area contributed by atoms with Gasteiger partial charge in [-0.2, -0.15) is 0 Å². The molecule has 1 saturated heterocycles. The molecule has 1 heterocycles. The molecule has 2 rings (SSSR count). The van der Waals surface area contributed by atoms with Crippen molar-refractivity contribution in [2.45, 2.75) is 38.1 Å². The number of nitrogens with one attached hydrogen (secondary N) is 1. The first-order chi connectivity index (χ1) is 11.7. The van der Waals surface area contributed by atoms with Gasteiger partial charge < -0.3 is 14.8 Å². The molecule has 1 aliphatic rings. The first-order valence-electron chi connectivity index (χ1n) is 8.88. The van der Waals surface area contributed by atoms with Crippen molar-refractivity contribution in [3.8, 4) is 5.75 Å². The van der Waals surface area contributed by atoms with Gasteiger partial charge in [0.1, 0.15) is 5.75 Å². The van der Waals surface area contributed by atoms with Crippen LogP contribution in [0.3, 0.4) is 0 Å². The van der Waals surface area contributed by atoms with Crippen molar-refractivity contribution in [1.82, 2.24) is 10.2 Å². The molecular formula is C19H30N2O3. The molecule has 1 unspecified atom stereocenters. The van der Waals surface area contributed by atoms with Crippen molar-refractivity contribution in [3.63, 3.8) is 0 Å². The molecule has 0 radical (unpaired) electrons. The van der Waals surface area contributed by atoms with Crippen LogP contribution in [0.2, 0.25) is 0 Å². The number of likely N-dealkylation sites (tertiary alicyclic amines) is 1. The summed E-state index contributed by atoms with van der Waals surface area (Å²) in [5.74, 6) is 0.973. The van der Waals surface area contributed by atoms with E-state index in [1.165, 1.54) is 18.4 Å². The summed E-state index contributed by atoms with van der Waals surface area (Å²) < 4.78 is 10.3. The minimum Gasteiger partial charge on any atom is -0.497 e. The van der Waals surface area contributed by atoms with Crippen LogP contribution >= 0.6 is 0 Å². The Morgan fingerprint density at radius 2 is 2.00 bits per heavy atom. The fourth-order valence-electron chi connectivity index (χ4n) is 3.25. The zero-order chi connectivity index (χ0) is 17.2. The van der Waals surface area contributed by atoms with E-state index in [2.05, 4.69) is 22.3 Å². The molecule has 0 aliphatic carbocycles. The molecule has 1 atom stereocenters.